The van der Waals surface area contributed by atoms with Crippen LogP contribution in [0.25, 0.3) is 10.1 Å². The van der Waals surface area contributed by atoms with Gasteiger partial charge in [-0.3, -0.25) is 0 Å². The number of hydrogen-bond acceptors (Lipinski definition) is 2. The minimum atomic E-state index is -0.543. The molecule has 3 heteroatoms. The molecule has 20 heavy (non-hydrogen) atoms. The fourth-order valence-corrected chi connectivity index (χ4v) is 3.28. The van der Waals surface area contributed by atoms with Crippen molar-refractivity contribution in [3.8, 4) is 0 Å². The lowest BCUT2D eigenvalue weighted by molar-refractivity contribution is 0.182. The Kier molecular flexibility index (Phi) is 3.55. The first kappa shape index (κ1) is 13.3. The summed E-state index contributed by atoms with van der Waals surface area (Å²) in [6.45, 7) is 2.04. The van der Waals surface area contributed by atoms with Gasteiger partial charge in [-0.15, -0.1) is 11.3 Å². The van der Waals surface area contributed by atoms with Gasteiger partial charge in [0.15, 0.2) is 0 Å². The van der Waals surface area contributed by atoms with E-state index < -0.39 is 6.10 Å². The van der Waals surface area contributed by atoms with Gasteiger partial charge >= 0.3 is 0 Å². The third kappa shape index (κ3) is 2.74. The van der Waals surface area contributed by atoms with E-state index in [4.69, 9.17) is 0 Å². The average molecular weight is 286 g/mol. The summed E-state index contributed by atoms with van der Waals surface area (Å²) in [5, 5.41) is 11.2. The first-order chi connectivity index (χ1) is 9.61. The summed E-state index contributed by atoms with van der Waals surface area (Å²) in [6.07, 6.45) is 0.0356. The average Bonchev–Trinajstić information content (AvgIpc) is 2.84. The topological polar surface area (TPSA) is 20.2 Å². The Balaban J connectivity index is 1.84. The van der Waals surface area contributed by atoms with E-state index in [1.165, 1.54) is 29.0 Å². The molecule has 0 fully saturated rings. The Morgan fingerprint density at radius 2 is 1.85 bits per heavy atom. The van der Waals surface area contributed by atoms with Crippen molar-refractivity contribution in [3.63, 3.8) is 0 Å². The third-order valence-corrected chi connectivity index (χ3v) is 4.59. The van der Waals surface area contributed by atoms with Crippen LogP contribution < -0.4 is 0 Å². The number of thiophene rings is 1. The van der Waals surface area contributed by atoms with Crippen LogP contribution in [0.1, 0.15) is 22.1 Å². The quantitative estimate of drug-likeness (QED) is 0.744. The van der Waals surface area contributed by atoms with E-state index in [0.717, 1.165) is 20.5 Å². The van der Waals surface area contributed by atoms with E-state index >= 15 is 0 Å². The lowest BCUT2D eigenvalue weighted by atomic mass is 10.1. The fourth-order valence-electron chi connectivity index (χ4n) is 2.25. The molecule has 1 atom stereocenters. The normalized spacial score (nSPS) is 12.8. The summed E-state index contributed by atoms with van der Waals surface area (Å²) < 4.78 is 14.2. The second kappa shape index (κ2) is 5.35. The summed E-state index contributed by atoms with van der Waals surface area (Å²) >= 11 is 1.52. The number of halogens is 1. The monoisotopic (exact) mass is 286 g/mol. The van der Waals surface area contributed by atoms with Crippen LogP contribution in [0.3, 0.4) is 0 Å². The van der Waals surface area contributed by atoms with Gasteiger partial charge in [0.1, 0.15) is 5.82 Å². The number of benzene rings is 2. The molecule has 3 rings (SSSR count). The van der Waals surface area contributed by atoms with Gasteiger partial charge in [0.2, 0.25) is 0 Å². The first-order valence-electron chi connectivity index (χ1n) is 6.54. The molecule has 1 unspecified atom stereocenters. The summed E-state index contributed by atoms with van der Waals surface area (Å²) in [7, 11) is 0. The van der Waals surface area contributed by atoms with E-state index in [9.17, 15) is 9.50 Å². The molecular formula is C17H15FOS. The summed E-state index contributed by atoms with van der Waals surface area (Å²) in [5.41, 5.74) is 2.31. The number of rotatable bonds is 3. The number of aliphatic hydroxyl groups excluding tert-OH is 1. The zero-order valence-electron chi connectivity index (χ0n) is 11.1. The molecule has 0 aliphatic carbocycles. The van der Waals surface area contributed by atoms with Crippen LogP contribution in [0.5, 0.6) is 0 Å². The lowest BCUT2D eigenvalue weighted by Crippen LogP contribution is -1.99. The maximum atomic E-state index is 13.2. The van der Waals surface area contributed by atoms with E-state index in [1.807, 2.05) is 37.3 Å². The van der Waals surface area contributed by atoms with Crippen LogP contribution in [0.4, 0.5) is 4.39 Å². The molecule has 0 bridgehead atoms. The van der Waals surface area contributed by atoms with Crippen molar-refractivity contribution in [2.75, 3.05) is 0 Å². The fraction of sp³-hybridized carbons (Fsp3) is 0.176. The van der Waals surface area contributed by atoms with Crippen LogP contribution in [0.15, 0.2) is 48.5 Å². The Bertz CT molecular complexity index is 730. The van der Waals surface area contributed by atoms with E-state index in [1.54, 1.807) is 6.07 Å². The van der Waals surface area contributed by atoms with Crippen LogP contribution in [-0.4, -0.2) is 5.11 Å². The van der Waals surface area contributed by atoms with Gasteiger partial charge in [0.05, 0.1) is 6.10 Å². The second-order valence-corrected chi connectivity index (χ2v) is 6.15. The van der Waals surface area contributed by atoms with Gasteiger partial charge in [0, 0.05) is 16.0 Å². The van der Waals surface area contributed by atoms with Crippen LogP contribution in [-0.2, 0) is 6.42 Å². The molecule has 102 valence electrons. The second-order valence-electron chi connectivity index (χ2n) is 5.04. The van der Waals surface area contributed by atoms with Gasteiger partial charge in [-0.05, 0) is 42.1 Å². The predicted octanol–water partition coefficient (Wildman–Crippen LogP) is 4.62. The van der Waals surface area contributed by atoms with Crippen molar-refractivity contribution < 1.29 is 9.50 Å². The van der Waals surface area contributed by atoms with Crippen molar-refractivity contribution in [2.45, 2.75) is 19.4 Å². The standard InChI is InChI=1S/C17H15FOS/c1-11-2-4-12(5-3-11)8-15(19)17-10-13-9-14(18)6-7-16(13)20-17/h2-7,9-10,15,19H,8H2,1H3. The molecular weight excluding hydrogens is 271 g/mol. The Hall–Kier alpha value is -1.71. The molecule has 0 saturated heterocycles. The van der Waals surface area contributed by atoms with E-state index in [0.29, 0.717) is 6.42 Å². The van der Waals surface area contributed by atoms with Crippen molar-refractivity contribution in [2.24, 2.45) is 0 Å². The summed E-state index contributed by atoms with van der Waals surface area (Å²) in [6, 6.07) is 14.8. The zero-order valence-corrected chi connectivity index (χ0v) is 12.0. The molecule has 1 aromatic heterocycles. The highest BCUT2D eigenvalue weighted by Crippen LogP contribution is 2.31. The third-order valence-electron chi connectivity index (χ3n) is 3.38. The highest BCUT2D eigenvalue weighted by atomic mass is 32.1. The Labute approximate surface area is 121 Å². The van der Waals surface area contributed by atoms with Gasteiger partial charge in [-0.1, -0.05) is 29.8 Å². The van der Waals surface area contributed by atoms with Gasteiger partial charge in [-0.25, -0.2) is 4.39 Å². The van der Waals surface area contributed by atoms with Crippen LogP contribution >= 0.6 is 11.3 Å². The van der Waals surface area contributed by atoms with Gasteiger partial charge < -0.3 is 5.11 Å². The molecule has 0 amide bonds. The maximum absolute atomic E-state index is 13.2. The zero-order chi connectivity index (χ0) is 14.1. The van der Waals surface area contributed by atoms with Gasteiger partial charge in [-0.2, -0.15) is 0 Å². The Morgan fingerprint density at radius 3 is 2.60 bits per heavy atom. The van der Waals surface area contributed by atoms with Crippen LogP contribution in [0, 0.1) is 12.7 Å². The number of aliphatic hydroxyl groups is 1. The van der Waals surface area contributed by atoms with Crippen molar-refractivity contribution in [3.05, 3.63) is 70.4 Å². The Morgan fingerprint density at radius 1 is 1.10 bits per heavy atom. The van der Waals surface area contributed by atoms with E-state index in [-0.39, 0.29) is 5.82 Å². The molecule has 0 radical (unpaired) electrons. The van der Waals surface area contributed by atoms with Crippen molar-refractivity contribution in [1.82, 2.24) is 0 Å². The minimum Gasteiger partial charge on any atom is -0.387 e. The highest BCUT2D eigenvalue weighted by Gasteiger charge is 2.12. The molecule has 0 aliphatic heterocycles. The maximum Gasteiger partial charge on any atom is 0.123 e. The molecule has 0 saturated carbocycles. The van der Waals surface area contributed by atoms with Crippen molar-refractivity contribution >= 4 is 21.4 Å². The summed E-state index contributed by atoms with van der Waals surface area (Å²) in [5.74, 6) is -0.241. The molecule has 0 aliphatic rings. The number of aryl methyl sites for hydroxylation is 1. The smallest absolute Gasteiger partial charge is 0.123 e. The molecule has 3 aromatic rings. The highest BCUT2D eigenvalue weighted by molar-refractivity contribution is 7.19. The first-order valence-corrected chi connectivity index (χ1v) is 7.36. The number of hydrogen-bond donors (Lipinski definition) is 1. The van der Waals surface area contributed by atoms with Crippen molar-refractivity contribution in [1.29, 1.82) is 0 Å². The lowest BCUT2D eigenvalue weighted by Gasteiger charge is -2.08. The molecule has 1 N–H and O–H groups in total. The SMILES string of the molecule is Cc1ccc(CC(O)c2cc3cc(F)ccc3s2)cc1. The largest absolute Gasteiger partial charge is 0.387 e. The molecule has 2 aromatic carbocycles. The predicted molar refractivity (Wildman–Crippen MR) is 81.6 cm³/mol. The van der Waals surface area contributed by atoms with Crippen LogP contribution in [0.2, 0.25) is 0 Å². The molecule has 1 heterocycles. The van der Waals surface area contributed by atoms with Gasteiger partial charge in [0.25, 0.3) is 0 Å². The molecule has 1 nitrogen and oxygen atoms in total. The number of fused-ring (bicyclic) bond motifs is 1. The molecule has 0 spiro atoms. The summed E-state index contributed by atoms with van der Waals surface area (Å²) in [4.78, 5) is 0.881. The minimum absolute atomic E-state index is 0.241. The van der Waals surface area contributed by atoms with E-state index in [2.05, 4.69) is 0 Å².